The standard InChI is InChI=1S/C10H11FO3/c1-12-9-3-2-7(6-8(9)11)10-13-4-5-14-10/h2-3,6,10H,4-5H2,1H3. The van der Waals surface area contributed by atoms with E-state index in [9.17, 15) is 4.39 Å². The smallest absolute Gasteiger partial charge is 0.184 e. The summed E-state index contributed by atoms with van der Waals surface area (Å²) in [5, 5.41) is 0. The molecule has 0 atom stereocenters. The van der Waals surface area contributed by atoms with E-state index >= 15 is 0 Å². The molecule has 0 aliphatic carbocycles. The Hall–Kier alpha value is -1.13. The molecule has 0 spiro atoms. The first kappa shape index (κ1) is 9.43. The van der Waals surface area contributed by atoms with Gasteiger partial charge in [0.1, 0.15) is 0 Å². The molecule has 1 heterocycles. The Morgan fingerprint density at radius 2 is 2.07 bits per heavy atom. The highest BCUT2D eigenvalue weighted by molar-refractivity contribution is 5.30. The zero-order valence-electron chi connectivity index (χ0n) is 7.83. The van der Waals surface area contributed by atoms with Crippen molar-refractivity contribution in [3.63, 3.8) is 0 Å². The minimum absolute atomic E-state index is 0.228. The Morgan fingerprint density at radius 1 is 1.36 bits per heavy atom. The number of benzene rings is 1. The first-order valence-electron chi connectivity index (χ1n) is 4.38. The summed E-state index contributed by atoms with van der Waals surface area (Å²) in [6, 6.07) is 4.67. The molecule has 0 saturated carbocycles. The zero-order chi connectivity index (χ0) is 9.97. The van der Waals surface area contributed by atoms with Crippen LogP contribution < -0.4 is 4.74 Å². The topological polar surface area (TPSA) is 27.7 Å². The van der Waals surface area contributed by atoms with E-state index in [1.165, 1.54) is 13.2 Å². The van der Waals surface area contributed by atoms with Crippen molar-refractivity contribution >= 4 is 0 Å². The summed E-state index contributed by atoms with van der Waals surface area (Å²) in [6.07, 6.45) is -0.435. The van der Waals surface area contributed by atoms with E-state index < -0.39 is 12.1 Å². The molecule has 0 aromatic heterocycles. The predicted octanol–water partition coefficient (Wildman–Crippen LogP) is 1.88. The summed E-state index contributed by atoms with van der Waals surface area (Å²) >= 11 is 0. The maximum atomic E-state index is 13.3. The first-order chi connectivity index (χ1) is 6.81. The number of hydrogen-bond acceptors (Lipinski definition) is 3. The second-order valence-corrected chi connectivity index (χ2v) is 2.97. The Kier molecular flexibility index (Phi) is 2.65. The molecule has 1 aliphatic rings. The molecule has 0 amide bonds. The number of halogens is 1. The Balaban J connectivity index is 2.23. The maximum Gasteiger partial charge on any atom is 0.184 e. The average Bonchev–Trinajstić information content (AvgIpc) is 2.70. The lowest BCUT2D eigenvalue weighted by molar-refractivity contribution is -0.0443. The highest BCUT2D eigenvalue weighted by atomic mass is 19.1. The van der Waals surface area contributed by atoms with E-state index in [2.05, 4.69) is 0 Å². The summed E-state index contributed by atoms with van der Waals surface area (Å²) < 4.78 is 28.5. The molecule has 1 fully saturated rings. The van der Waals surface area contributed by atoms with Crippen LogP contribution in [0.5, 0.6) is 5.75 Å². The van der Waals surface area contributed by atoms with Crippen molar-refractivity contribution < 1.29 is 18.6 Å². The summed E-state index contributed by atoms with van der Waals surface area (Å²) in [5.41, 5.74) is 0.681. The maximum absolute atomic E-state index is 13.3. The molecular weight excluding hydrogens is 187 g/mol. The van der Waals surface area contributed by atoms with Crippen LogP contribution in [0.15, 0.2) is 18.2 Å². The van der Waals surface area contributed by atoms with Crippen LogP contribution in [0, 0.1) is 5.82 Å². The van der Waals surface area contributed by atoms with Crippen molar-refractivity contribution in [3.8, 4) is 5.75 Å². The second kappa shape index (κ2) is 3.94. The Labute approximate surface area is 81.4 Å². The highest BCUT2D eigenvalue weighted by Gasteiger charge is 2.19. The van der Waals surface area contributed by atoms with Crippen LogP contribution >= 0.6 is 0 Å². The SMILES string of the molecule is COc1ccc(C2OCCO2)cc1F. The molecule has 0 bridgehead atoms. The Bertz CT molecular complexity index is 321. The molecule has 1 aliphatic heterocycles. The quantitative estimate of drug-likeness (QED) is 0.726. The van der Waals surface area contributed by atoms with Gasteiger partial charge in [0.25, 0.3) is 0 Å². The van der Waals surface area contributed by atoms with Gasteiger partial charge in [0.15, 0.2) is 17.9 Å². The molecule has 4 heteroatoms. The average molecular weight is 198 g/mol. The predicted molar refractivity (Wildman–Crippen MR) is 47.6 cm³/mol. The zero-order valence-corrected chi connectivity index (χ0v) is 7.83. The molecule has 0 N–H and O–H groups in total. The van der Waals surface area contributed by atoms with Crippen molar-refractivity contribution in [1.82, 2.24) is 0 Å². The highest BCUT2D eigenvalue weighted by Crippen LogP contribution is 2.26. The van der Waals surface area contributed by atoms with Gasteiger partial charge in [0.2, 0.25) is 0 Å². The van der Waals surface area contributed by atoms with Crippen molar-refractivity contribution in [2.45, 2.75) is 6.29 Å². The third kappa shape index (κ3) is 1.71. The molecule has 1 aromatic carbocycles. The minimum atomic E-state index is -0.435. The molecule has 76 valence electrons. The van der Waals surface area contributed by atoms with Crippen LogP contribution in [0.4, 0.5) is 4.39 Å². The van der Waals surface area contributed by atoms with E-state index in [0.717, 1.165) is 0 Å². The first-order valence-corrected chi connectivity index (χ1v) is 4.38. The van der Waals surface area contributed by atoms with Gasteiger partial charge in [-0.15, -0.1) is 0 Å². The van der Waals surface area contributed by atoms with Gasteiger partial charge < -0.3 is 14.2 Å². The lowest BCUT2D eigenvalue weighted by atomic mass is 10.2. The van der Waals surface area contributed by atoms with Gasteiger partial charge in [0, 0.05) is 5.56 Å². The fourth-order valence-electron chi connectivity index (χ4n) is 1.38. The molecule has 0 radical (unpaired) electrons. The van der Waals surface area contributed by atoms with E-state index in [-0.39, 0.29) is 5.75 Å². The number of rotatable bonds is 2. The molecule has 14 heavy (non-hydrogen) atoms. The van der Waals surface area contributed by atoms with Crippen LogP contribution in [-0.4, -0.2) is 20.3 Å². The van der Waals surface area contributed by atoms with Crippen molar-refractivity contribution in [1.29, 1.82) is 0 Å². The largest absolute Gasteiger partial charge is 0.494 e. The van der Waals surface area contributed by atoms with Crippen LogP contribution in [0.2, 0.25) is 0 Å². The molecule has 2 rings (SSSR count). The van der Waals surface area contributed by atoms with Gasteiger partial charge in [0.05, 0.1) is 20.3 Å². The fraction of sp³-hybridized carbons (Fsp3) is 0.400. The summed E-state index contributed by atoms with van der Waals surface area (Å²) in [7, 11) is 1.43. The minimum Gasteiger partial charge on any atom is -0.494 e. The van der Waals surface area contributed by atoms with Gasteiger partial charge in [-0.25, -0.2) is 4.39 Å². The van der Waals surface area contributed by atoms with Gasteiger partial charge in [-0.05, 0) is 12.1 Å². The molecular formula is C10H11FO3. The monoisotopic (exact) mass is 198 g/mol. The van der Waals surface area contributed by atoms with Crippen LogP contribution in [-0.2, 0) is 9.47 Å². The number of hydrogen-bond donors (Lipinski definition) is 0. The Morgan fingerprint density at radius 3 is 2.64 bits per heavy atom. The fourth-order valence-corrected chi connectivity index (χ4v) is 1.38. The van der Waals surface area contributed by atoms with E-state index in [1.54, 1.807) is 12.1 Å². The summed E-state index contributed by atoms with van der Waals surface area (Å²) in [4.78, 5) is 0. The number of methoxy groups -OCH3 is 1. The number of ether oxygens (including phenoxy) is 3. The van der Waals surface area contributed by atoms with Crippen molar-refractivity contribution in [2.24, 2.45) is 0 Å². The van der Waals surface area contributed by atoms with Gasteiger partial charge >= 0.3 is 0 Å². The normalized spacial score (nSPS) is 17.3. The molecule has 0 unspecified atom stereocenters. The van der Waals surface area contributed by atoms with Gasteiger partial charge in [-0.1, -0.05) is 6.07 Å². The van der Waals surface area contributed by atoms with Gasteiger partial charge in [-0.3, -0.25) is 0 Å². The summed E-state index contributed by atoms with van der Waals surface area (Å²) in [5.74, 6) is -0.171. The van der Waals surface area contributed by atoms with E-state index in [0.29, 0.717) is 18.8 Å². The van der Waals surface area contributed by atoms with Crippen molar-refractivity contribution in [3.05, 3.63) is 29.6 Å². The second-order valence-electron chi connectivity index (χ2n) is 2.97. The molecule has 3 nitrogen and oxygen atoms in total. The van der Waals surface area contributed by atoms with Crippen LogP contribution in [0.1, 0.15) is 11.9 Å². The lowest BCUT2D eigenvalue weighted by Gasteiger charge is -2.10. The van der Waals surface area contributed by atoms with Crippen molar-refractivity contribution in [2.75, 3.05) is 20.3 Å². The molecule has 1 aromatic rings. The third-order valence-corrected chi connectivity index (χ3v) is 2.07. The van der Waals surface area contributed by atoms with Crippen LogP contribution in [0.3, 0.4) is 0 Å². The lowest BCUT2D eigenvalue weighted by Crippen LogP contribution is -1.99. The summed E-state index contributed by atoms with van der Waals surface area (Å²) in [6.45, 7) is 1.11. The van der Waals surface area contributed by atoms with E-state index in [1.807, 2.05) is 0 Å². The van der Waals surface area contributed by atoms with E-state index in [4.69, 9.17) is 14.2 Å². The van der Waals surface area contributed by atoms with Crippen LogP contribution in [0.25, 0.3) is 0 Å². The van der Waals surface area contributed by atoms with Gasteiger partial charge in [-0.2, -0.15) is 0 Å². The third-order valence-electron chi connectivity index (χ3n) is 2.07. The molecule has 1 saturated heterocycles.